The van der Waals surface area contributed by atoms with Crippen molar-refractivity contribution in [1.82, 2.24) is 10.2 Å². The van der Waals surface area contributed by atoms with E-state index in [9.17, 15) is 9.18 Å². The topological polar surface area (TPSA) is 69.8 Å². The maximum atomic E-state index is 13.4. The van der Waals surface area contributed by atoms with Gasteiger partial charge >= 0.3 is 6.03 Å². The lowest BCUT2D eigenvalue weighted by atomic mass is 10.2. The minimum atomic E-state index is -0.506. The predicted octanol–water partition coefficient (Wildman–Crippen LogP) is 3.35. The van der Waals surface area contributed by atoms with Gasteiger partial charge in [0.1, 0.15) is 5.82 Å². The molecule has 1 heterocycles. The highest BCUT2D eigenvalue weighted by molar-refractivity contribution is 6.00. The van der Waals surface area contributed by atoms with Crippen LogP contribution in [-0.2, 0) is 0 Å². The molecule has 0 aliphatic rings. The number of aromatic amines is 1. The number of benzene rings is 2. The van der Waals surface area contributed by atoms with E-state index in [2.05, 4.69) is 20.8 Å². The molecule has 3 aromatic rings. The molecular formula is C14H11FN4O. The van der Waals surface area contributed by atoms with E-state index in [-0.39, 0.29) is 5.69 Å². The molecule has 0 saturated carbocycles. The van der Waals surface area contributed by atoms with Crippen molar-refractivity contribution in [2.24, 2.45) is 0 Å². The van der Waals surface area contributed by atoms with Crippen LogP contribution in [0.3, 0.4) is 0 Å². The molecule has 0 fully saturated rings. The fourth-order valence-electron chi connectivity index (χ4n) is 1.86. The third-order valence-electron chi connectivity index (χ3n) is 2.82. The number of hydrogen-bond donors (Lipinski definition) is 3. The number of para-hydroxylation sites is 1. The van der Waals surface area contributed by atoms with Gasteiger partial charge in [0.05, 0.1) is 17.4 Å². The number of amides is 2. The largest absolute Gasteiger partial charge is 0.323 e. The molecule has 0 spiro atoms. The van der Waals surface area contributed by atoms with Crippen LogP contribution in [0.5, 0.6) is 0 Å². The Morgan fingerprint density at radius 3 is 2.85 bits per heavy atom. The Bertz CT molecular complexity index is 768. The number of aromatic nitrogens is 2. The Kier molecular flexibility index (Phi) is 3.04. The van der Waals surface area contributed by atoms with Gasteiger partial charge < -0.3 is 10.6 Å². The molecular weight excluding hydrogens is 259 g/mol. The Morgan fingerprint density at radius 1 is 1.15 bits per heavy atom. The second-order valence-corrected chi connectivity index (χ2v) is 4.23. The maximum absolute atomic E-state index is 13.4. The number of rotatable bonds is 2. The van der Waals surface area contributed by atoms with Crippen molar-refractivity contribution in [2.45, 2.75) is 0 Å². The summed E-state index contributed by atoms with van der Waals surface area (Å²) in [5.41, 5.74) is 1.54. The highest BCUT2D eigenvalue weighted by Crippen LogP contribution is 2.17. The highest BCUT2D eigenvalue weighted by atomic mass is 19.1. The lowest BCUT2D eigenvalue weighted by Crippen LogP contribution is -2.20. The number of nitrogens with zero attached hydrogens (tertiary/aromatic N) is 1. The van der Waals surface area contributed by atoms with E-state index >= 15 is 0 Å². The van der Waals surface area contributed by atoms with Gasteiger partial charge in [-0.2, -0.15) is 5.10 Å². The molecule has 1 aromatic heterocycles. The zero-order valence-electron chi connectivity index (χ0n) is 10.4. The minimum Gasteiger partial charge on any atom is -0.308 e. The third kappa shape index (κ3) is 2.44. The van der Waals surface area contributed by atoms with Gasteiger partial charge in [0.25, 0.3) is 0 Å². The van der Waals surface area contributed by atoms with Crippen LogP contribution in [-0.4, -0.2) is 16.2 Å². The number of nitrogens with one attached hydrogen (secondary N) is 3. The predicted molar refractivity (Wildman–Crippen MR) is 75.1 cm³/mol. The first-order valence-corrected chi connectivity index (χ1v) is 5.98. The fourth-order valence-corrected chi connectivity index (χ4v) is 1.86. The Balaban J connectivity index is 1.74. The number of halogens is 1. The van der Waals surface area contributed by atoms with Gasteiger partial charge in [0.2, 0.25) is 0 Å². The van der Waals surface area contributed by atoms with Crippen LogP contribution < -0.4 is 10.6 Å². The normalized spacial score (nSPS) is 10.4. The molecule has 100 valence electrons. The molecule has 20 heavy (non-hydrogen) atoms. The van der Waals surface area contributed by atoms with Crippen LogP contribution >= 0.6 is 0 Å². The van der Waals surface area contributed by atoms with E-state index in [4.69, 9.17) is 0 Å². The van der Waals surface area contributed by atoms with Crippen molar-refractivity contribution < 1.29 is 9.18 Å². The van der Waals surface area contributed by atoms with Gasteiger partial charge in [0, 0.05) is 11.1 Å². The number of fused-ring (bicyclic) bond motifs is 1. The molecule has 5 nitrogen and oxygen atoms in total. The summed E-state index contributed by atoms with van der Waals surface area (Å²) in [6, 6.07) is 10.8. The first-order valence-electron chi connectivity index (χ1n) is 5.98. The second kappa shape index (κ2) is 5.00. The van der Waals surface area contributed by atoms with Crippen molar-refractivity contribution in [3.8, 4) is 0 Å². The van der Waals surface area contributed by atoms with Crippen LogP contribution in [0, 0.1) is 5.82 Å². The SMILES string of the molecule is O=C(Nc1ccc2cn[nH]c2c1)Nc1ccccc1F. The number of anilines is 2. The zero-order chi connectivity index (χ0) is 13.9. The maximum Gasteiger partial charge on any atom is 0.323 e. The monoisotopic (exact) mass is 270 g/mol. The van der Waals surface area contributed by atoms with E-state index in [0.717, 1.165) is 10.9 Å². The van der Waals surface area contributed by atoms with Crippen molar-refractivity contribution in [1.29, 1.82) is 0 Å². The average molecular weight is 270 g/mol. The van der Waals surface area contributed by atoms with Gasteiger partial charge in [-0.3, -0.25) is 5.10 Å². The first-order chi connectivity index (χ1) is 9.72. The minimum absolute atomic E-state index is 0.132. The summed E-state index contributed by atoms with van der Waals surface area (Å²) in [6.45, 7) is 0. The molecule has 0 radical (unpaired) electrons. The number of carbonyl (C=O) groups excluding carboxylic acids is 1. The van der Waals surface area contributed by atoms with Gasteiger partial charge in [-0.25, -0.2) is 9.18 Å². The third-order valence-corrected chi connectivity index (χ3v) is 2.82. The van der Waals surface area contributed by atoms with E-state index in [1.807, 2.05) is 6.07 Å². The molecule has 0 atom stereocenters. The molecule has 0 unspecified atom stereocenters. The second-order valence-electron chi connectivity index (χ2n) is 4.23. The summed E-state index contributed by atoms with van der Waals surface area (Å²) in [5, 5.41) is 12.7. The Hall–Kier alpha value is -2.89. The summed E-state index contributed by atoms with van der Waals surface area (Å²) in [7, 11) is 0. The lowest BCUT2D eigenvalue weighted by Gasteiger charge is -2.08. The average Bonchev–Trinajstić information content (AvgIpc) is 2.89. The van der Waals surface area contributed by atoms with E-state index in [0.29, 0.717) is 5.69 Å². The van der Waals surface area contributed by atoms with Crippen LogP contribution in [0.15, 0.2) is 48.7 Å². The van der Waals surface area contributed by atoms with Crippen molar-refractivity contribution in [3.05, 3.63) is 54.5 Å². The van der Waals surface area contributed by atoms with Crippen molar-refractivity contribution >= 4 is 28.3 Å². The molecule has 2 aromatic carbocycles. The van der Waals surface area contributed by atoms with E-state index in [1.54, 1.807) is 30.5 Å². The van der Waals surface area contributed by atoms with Gasteiger partial charge in [0.15, 0.2) is 0 Å². The van der Waals surface area contributed by atoms with Crippen LogP contribution in [0.25, 0.3) is 10.9 Å². The van der Waals surface area contributed by atoms with Crippen LogP contribution in [0.1, 0.15) is 0 Å². The Labute approximate surface area is 113 Å². The summed E-state index contributed by atoms with van der Waals surface area (Å²) in [6.07, 6.45) is 1.69. The fraction of sp³-hybridized carbons (Fsp3) is 0. The molecule has 0 aliphatic heterocycles. The van der Waals surface area contributed by atoms with Crippen molar-refractivity contribution in [3.63, 3.8) is 0 Å². The number of H-pyrrole nitrogens is 1. The lowest BCUT2D eigenvalue weighted by molar-refractivity contribution is 0.262. The summed E-state index contributed by atoms with van der Waals surface area (Å²) >= 11 is 0. The van der Waals surface area contributed by atoms with Gasteiger partial charge in [-0.15, -0.1) is 0 Å². The summed E-state index contributed by atoms with van der Waals surface area (Å²) < 4.78 is 13.4. The Morgan fingerprint density at radius 2 is 2.00 bits per heavy atom. The smallest absolute Gasteiger partial charge is 0.308 e. The number of urea groups is 1. The van der Waals surface area contributed by atoms with Crippen LogP contribution in [0.4, 0.5) is 20.6 Å². The molecule has 0 saturated heterocycles. The standard InChI is InChI=1S/C14H11FN4O/c15-11-3-1-2-4-12(11)18-14(20)17-10-6-5-9-8-16-19-13(9)7-10/h1-8H,(H,16,19)(H2,17,18,20). The van der Waals surface area contributed by atoms with Crippen LogP contribution in [0.2, 0.25) is 0 Å². The quantitative estimate of drug-likeness (QED) is 0.668. The van der Waals surface area contributed by atoms with E-state index in [1.165, 1.54) is 12.1 Å². The molecule has 2 amide bonds. The number of carbonyl (C=O) groups is 1. The van der Waals surface area contributed by atoms with E-state index < -0.39 is 11.8 Å². The molecule has 3 rings (SSSR count). The molecule has 0 bridgehead atoms. The first kappa shape index (κ1) is 12.2. The molecule has 6 heteroatoms. The summed E-state index contributed by atoms with van der Waals surface area (Å²) in [5.74, 6) is -0.480. The van der Waals surface area contributed by atoms with Gasteiger partial charge in [-0.1, -0.05) is 12.1 Å². The summed E-state index contributed by atoms with van der Waals surface area (Å²) in [4.78, 5) is 11.8. The van der Waals surface area contributed by atoms with Gasteiger partial charge in [-0.05, 0) is 30.3 Å². The molecule has 3 N–H and O–H groups in total. The number of hydrogen-bond acceptors (Lipinski definition) is 2. The molecule has 0 aliphatic carbocycles. The highest BCUT2D eigenvalue weighted by Gasteiger charge is 2.06. The zero-order valence-corrected chi connectivity index (χ0v) is 10.4. The van der Waals surface area contributed by atoms with Crippen molar-refractivity contribution in [2.75, 3.05) is 10.6 Å².